The summed E-state index contributed by atoms with van der Waals surface area (Å²) in [5.41, 5.74) is 0. The molecule has 0 aromatic carbocycles. The lowest BCUT2D eigenvalue weighted by molar-refractivity contribution is 0.0925. The summed E-state index contributed by atoms with van der Waals surface area (Å²) in [5.74, 6) is 0.649. The van der Waals surface area contributed by atoms with Crippen LogP contribution < -0.4 is 0 Å². The fraction of sp³-hybridized carbons (Fsp3) is 0.500. The van der Waals surface area contributed by atoms with E-state index in [1.165, 1.54) is 0 Å². The number of ether oxygens (including phenoxy) is 1. The van der Waals surface area contributed by atoms with Crippen LogP contribution in [0.3, 0.4) is 0 Å². The van der Waals surface area contributed by atoms with Gasteiger partial charge in [-0.25, -0.2) is 9.97 Å². The normalized spacial score (nSPS) is 12.9. The summed E-state index contributed by atoms with van der Waals surface area (Å²) >= 11 is 7.95. The Morgan fingerprint density at radius 3 is 2.85 bits per heavy atom. The van der Waals surface area contributed by atoms with E-state index in [0.29, 0.717) is 11.0 Å². The fourth-order valence-electron chi connectivity index (χ4n) is 0.969. The van der Waals surface area contributed by atoms with Crippen LogP contribution in [0.1, 0.15) is 25.3 Å². The van der Waals surface area contributed by atoms with Crippen molar-refractivity contribution >= 4 is 34.2 Å². The quantitative estimate of drug-likeness (QED) is 0.636. The molecule has 0 radical (unpaired) electrons. The molecular weight excluding hydrogens is 302 g/mol. The van der Waals surface area contributed by atoms with Crippen molar-refractivity contribution in [3.63, 3.8) is 0 Å². The van der Waals surface area contributed by atoms with Gasteiger partial charge in [-0.1, -0.05) is 18.5 Å². The van der Waals surface area contributed by atoms with Gasteiger partial charge in [0.25, 0.3) is 0 Å². The second kappa shape index (κ2) is 5.07. The Labute approximate surface area is 96.0 Å². The first-order valence-corrected chi connectivity index (χ1v) is 5.35. The van der Waals surface area contributed by atoms with E-state index in [1.807, 2.05) is 6.92 Å². The molecule has 0 fully saturated rings. The van der Waals surface area contributed by atoms with Gasteiger partial charge in [0.05, 0.1) is 3.57 Å². The third-order valence-electron chi connectivity index (χ3n) is 1.66. The third-order valence-corrected chi connectivity index (χ3v) is 3.06. The van der Waals surface area contributed by atoms with Crippen molar-refractivity contribution in [1.82, 2.24) is 9.97 Å². The Bertz CT molecular complexity index is 291. The summed E-state index contributed by atoms with van der Waals surface area (Å²) in [6.45, 7) is 2.02. The molecule has 0 bridgehead atoms. The highest BCUT2D eigenvalue weighted by Crippen LogP contribution is 2.20. The highest BCUT2D eigenvalue weighted by Gasteiger charge is 2.12. The summed E-state index contributed by atoms with van der Waals surface area (Å²) < 4.78 is 6.05. The molecule has 1 unspecified atom stereocenters. The lowest BCUT2D eigenvalue weighted by Crippen LogP contribution is -2.06. The first kappa shape index (κ1) is 11.1. The van der Waals surface area contributed by atoms with E-state index in [0.717, 1.165) is 9.99 Å². The van der Waals surface area contributed by atoms with E-state index < -0.39 is 0 Å². The van der Waals surface area contributed by atoms with Gasteiger partial charge in [-0.3, -0.25) is 0 Å². The molecule has 3 nitrogen and oxygen atoms in total. The molecule has 0 spiro atoms. The second-order valence-electron chi connectivity index (χ2n) is 2.50. The highest BCUT2D eigenvalue weighted by molar-refractivity contribution is 14.1. The van der Waals surface area contributed by atoms with Gasteiger partial charge < -0.3 is 4.74 Å². The molecule has 1 rings (SSSR count). The van der Waals surface area contributed by atoms with E-state index in [4.69, 9.17) is 16.3 Å². The van der Waals surface area contributed by atoms with Crippen LogP contribution in [0.2, 0.25) is 5.15 Å². The summed E-state index contributed by atoms with van der Waals surface area (Å²) in [7, 11) is 1.64. The van der Waals surface area contributed by atoms with Gasteiger partial charge in [-0.2, -0.15) is 0 Å². The van der Waals surface area contributed by atoms with Gasteiger partial charge in [0, 0.05) is 13.3 Å². The summed E-state index contributed by atoms with van der Waals surface area (Å²) in [6.07, 6.45) is 2.48. The smallest absolute Gasteiger partial charge is 0.158 e. The summed E-state index contributed by atoms with van der Waals surface area (Å²) in [4.78, 5) is 8.29. The molecule has 0 N–H and O–H groups in total. The number of hydrogen-bond donors (Lipinski definition) is 0. The molecule has 13 heavy (non-hydrogen) atoms. The fourth-order valence-corrected chi connectivity index (χ4v) is 1.36. The lowest BCUT2D eigenvalue weighted by Gasteiger charge is -2.11. The molecule has 0 saturated heterocycles. The lowest BCUT2D eigenvalue weighted by atomic mass is 10.2. The van der Waals surface area contributed by atoms with Crippen molar-refractivity contribution in [2.24, 2.45) is 0 Å². The second-order valence-corrected chi connectivity index (χ2v) is 4.02. The number of rotatable bonds is 3. The topological polar surface area (TPSA) is 35.0 Å². The summed E-state index contributed by atoms with van der Waals surface area (Å²) in [5, 5.41) is 0.487. The SMILES string of the molecule is CCC(OC)c1ncc(I)c(Cl)n1. The van der Waals surface area contributed by atoms with E-state index in [9.17, 15) is 0 Å². The zero-order valence-corrected chi connectivity index (χ0v) is 10.3. The molecule has 0 amide bonds. The molecule has 1 aromatic heterocycles. The third kappa shape index (κ3) is 2.75. The van der Waals surface area contributed by atoms with Gasteiger partial charge in [0.2, 0.25) is 0 Å². The standard InChI is InChI=1S/C8H10ClIN2O/c1-3-6(13-2)8-11-4-5(10)7(9)12-8/h4,6H,3H2,1-2H3. The van der Waals surface area contributed by atoms with Gasteiger partial charge in [0.15, 0.2) is 5.82 Å². The number of methoxy groups -OCH3 is 1. The number of halogens is 2. The Balaban J connectivity index is 2.95. The molecule has 0 aliphatic carbocycles. The maximum absolute atomic E-state index is 5.86. The zero-order chi connectivity index (χ0) is 9.84. The first-order valence-electron chi connectivity index (χ1n) is 3.89. The van der Waals surface area contributed by atoms with Crippen LogP contribution in [-0.4, -0.2) is 17.1 Å². The average molecular weight is 313 g/mol. The Hall–Kier alpha value is 0.0600. The molecule has 72 valence electrons. The molecule has 1 aromatic rings. The van der Waals surface area contributed by atoms with Gasteiger partial charge >= 0.3 is 0 Å². The van der Waals surface area contributed by atoms with Crippen LogP contribution in [0, 0.1) is 3.57 Å². The predicted octanol–water partition coefficient (Wildman–Crippen LogP) is 2.83. The summed E-state index contributed by atoms with van der Waals surface area (Å²) in [6, 6.07) is 0. The minimum atomic E-state index is -0.0606. The molecule has 0 aliphatic heterocycles. The van der Waals surface area contributed by atoms with Crippen LogP contribution in [-0.2, 0) is 4.74 Å². The minimum absolute atomic E-state index is 0.0606. The van der Waals surface area contributed by atoms with Gasteiger partial charge in [0.1, 0.15) is 11.3 Å². The van der Waals surface area contributed by atoms with Crippen LogP contribution in [0.15, 0.2) is 6.20 Å². The van der Waals surface area contributed by atoms with Crippen LogP contribution >= 0.6 is 34.2 Å². The van der Waals surface area contributed by atoms with Crippen LogP contribution in [0.4, 0.5) is 0 Å². The Morgan fingerprint density at radius 1 is 1.69 bits per heavy atom. The molecule has 1 heterocycles. The Kier molecular flexibility index (Phi) is 4.34. The number of aromatic nitrogens is 2. The van der Waals surface area contributed by atoms with E-state index in [-0.39, 0.29) is 6.10 Å². The van der Waals surface area contributed by atoms with E-state index in [1.54, 1.807) is 13.3 Å². The molecule has 1 atom stereocenters. The van der Waals surface area contributed by atoms with Crippen molar-refractivity contribution in [3.05, 3.63) is 20.7 Å². The van der Waals surface area contributed by atoms with Gasteiger partial charge in [-0.05, 0) is 29.0 Å². The van der Waals surface area contributed by atoms with Crippen molar-refractivity contribution in [2.75, 3.05) is 7.11 Å². The monoisotopic (exact) mass is 312 g/mol. The van der Waals surface area contributed by atoms with Crippen LogP contribution in [0.25, 0.3) is 0 Å². The highest BCUT2D eigenvalue weighted by atomic mass is 127. The van der Waals surface area contributed by atoms with Crippen molar-refractivity contribution in [1.29, 1.82) is 0 Å². The van der Waals surface area contributed by atoms with Crippen molar-refractivity contribution in [2.45, 2.75) is 19.4 Å². The Morgan fingerprint density at radius 2 is 2.38 bits per heavy atom. The molecule has 0 saturated carbocycles. The van der Waals surface area contributed by atoms with Crippen molar-refractivity contribution in [3.8, 4) is 0 Å². The number of nitrogens with zero attached hydrogens (tertiary/aromatic N) is 2. The van der Waals surface area contributed by atoms with E-state index >= 15 is 0 Å². The molecule has 0 aliphatic rings. The largest absolute Gasteiger partial charge is 0.373 e. The van der Waals surface area contributed by atoms with Crippen molar-refractivity contribution < 1.29 is 4.74 Å². The number of hydrogen-bond acceptors (Lipinski definition) is 3. The minimum Gasteiger partial charge on any atom is -0.373 e. The molecule has 5 heteroatoms. The zero-order valence-electron chi connectivity index (χ0n) is 7.42. The van der Waals surface area contributed by atoms with E-state index in [2.05, 4.69) is 32.6 Å². The average Bonchev–Trinajstić information content (AvgIpc) is 2.13. The molecular formula is C8H10ClIN2O. The maximum atomic E-state index is 5.86. The predicted molar refractivity (Wildman–Crippen MR) is 59.8 cm³/mol. The first-order chi connectivity index (χ1) is 6.19. The van der Waals surface area contributed by atoms with Gasteiger partial charge in [-0.15, -0.1) is 0 Å². The van der Waals surface area contributed by atoms with Crippen LogP contribution in [0.5, 0.6) is 0 Å². The maximum Gasteiger partial charge on any atom is 0.158 e.